The van der Waals surface area contributed by atoms with Gasteiger partial charge in [0, 0.05) is 17.7 Å². The number of benzene rings is 2. The fraction of sp³-hybridized carbons (Fsp3) is 0.176. The van der Waals surface area contributed by atoms with Gasteiger partial charge in [-0.2, -0.15) is 0 Å². The van der Waals surface area contributed by atoms with Gasteiger partial charge in [-0.3, -0.25) is 10.1 Å². The lowest BCUT2D eigenvalue weighted by Crippen LogP contribution is -2.35. The average Bonchev–Trinajstić information content (AvgIpc) is 2.56. The van der Waals surface area contributed by atoms with Gasteiger partial charge < -0.3 is 10.5 Å². The number of anilines is 1. The summed E-state index contributed by atoms with van der Waals surface area (Å²) in [6.07, 6.45) is 0.758. The molecule has 0 radical (unpaired) electrons. The standard InChI is InChI=1S/C17H17N3O2/c18-14-8-4-7-13(11-14)15-9-10-22-17(19-15)20-16(21)12-5-2-1-3-6-12/h1-8,11,15H,9-10,18H2,(H,19,20,21). The predicted octanol–water partition coefficient (Wildman–Crippen LogP) is 2.52. The van der Waals surface area contributed by atoms with E-state index in [2.05, 4.69) is 10.3 Å². The number of ether oxygens (including phenoxy) is 1. The van der Waals surface area contributed by atoms with Crippen LogP contribution in [0, 0.1) is 0 Å². The average molecular weight is 295 g/mol. The van der Waals surface area contributed by atoms with Crippen LogP contribution in [-0.2, 0) is 4.74 Å². The van der Waals surface area contributed by atoms with E-state index in [0.29, 0.717) is 17.9 Å². The number of nitrogens with two attached hydrogens (primary N) is 1. The normalized spacial score (nSPS) is 17.3. The van der Waals surface area contributed by atoms with Crippen LogP contribution >= 0.6 is 0 Å². The first kappa shape index (κ1) is 14.1. The smallest absolute Gasteiger partial charge is 0.292 e. The highest BCUT2D eigenvalue weighted by atomic mass is 16.5. The third-order valence-electron chi connectivity index (χ3n) is 3.46. The summed E-state index contributed by atoms with van der Waals surface area (Å²) in [7, 11) is 0. The first-order valence-corrected chi connectivity index (χ1v) is 7.15. The van der Waals surface area contributed by atoms with Gasteiger partial charge in [-0.1, -0.05) is 30.3 Å². The van der Waals surface area contributed by atoms with Crippen molar-refractivity contribution in [2.75, 3.05) is 12.3 Å². The number of hydrogen-bond acceptors (Lipinski definition) is 4. The zero-order chi connectivity index (χ0) is 15.4. The molecule has 112 valence electrons. The lowest BCUT2D eigenvalue weighted by molar-refractivity contribution is 0.0962. The van der Waals surface area contributed by atoms with Crippen molar-refractivity contribution in [3.63, 3.8) is 0 Å². The molecule has 0 aliphatic carbocycles. The van der Waals surface area contributed by atoms with Crippen molar-refractivity contribution < 1.29 is 9.53 Å². The molecule has 0 aromatic heterocycles. The summed E-state index contributed by atoms with van der Waals surface area (Å²) in [6.45, 7) is 0.507. The van der Waals surface area contributed by atoms with Gasteiger partial charge in [-0.25, -0.2) is 4.99 Å². The molecule has 1 aliphatic rings. The maximum absolute atomic E-state index is 12.1. The van der Waals surface area contributed by atoms with Crippen LogP contribution in [0.4, 0.5) is 5.69 Å². The fourth-order valence-corrected chi connectivity index (χ4v) is 2.35. The van der Waals surface area contributed by atoms with Crippen LogP contribution in [0.2, 0.25) is 0 Å². The Morgan fingerprint density at radius 1 is 1.18 bits per heavy atom. The van der Waals surface area contributed by atoms with Crippen LogP contribution in [0.5, 0.6) is 0 Å². The second-order valence-corrected chi connectivity index (χ2v) is 5.08. The van der Waals surface area contributed by atoms with E-state index >= 15 is 0 Å². The van der Waals surface area contributed by atoms with Crippen LogP contribution in [-0.4, -0.2) is 18.5 Å². The molecule has 0 saturated carbocycles. The number of nitrogen functional groups attached to an aromatic ring is 1. The van der Waals surface area contributed by atoms with Crippen molar-refractivity contribution in [1.29, 1.82) is 0 Å². The molecule has 3 rings (SSSR count). The summed E-state index contributed by atoms with van der Waals surface area (Å²) in [5.74, 6) is -0.229. The van der Waals surface area contributed by atoms with Crippen molar-refractivity contribution >= 4 is 17.6 Å². The Morgan fingerprint density at radius 2 is 2.00 bits per heavy atom. The van der Waals surface area contributed by atoms with Crippen molar-refractivity contribution in [3.05, 3.63) is 65.7 Å². The third-order valence-corrected chi connectivity index (χ3v) is 3.46. The maximum atomic E-state index is 12.1. The molecule has 22 heavy (non-hydrogen) atoms. The molecule has 0 fully saturated rings. The van der Waals surface area contributed by atoms with Crippen LogP contribution < -0.4 is 11.1 Å². The molecular formula is C17H17N3O2. The molecule has 1 unspecified atom stereocenters. The Hall–Kier alpha value is -2.82. The van der Waals surface area contributed by atoms with E-state index in [4.69, 9.17) is 10.5 Å². The first-order chi connectivity index (χ1) is 10.7. The van der Waals surface area contributed by atoms with Crippen molar-refractivity contribution in [3.8, 4) is 0 Å². The lowest BCUT2D eigenvalue weighted by Gasteiger charge is -2.21. The lowest BCUT2D eigenvalue weighted by atomic mass is 10.0. The summed E-state index contributed by atoms with van der Waals surface area (Å²) < 4.78 is 5.44. The zero-order valence-corrected chi connectivity index (χ0v) is 12.0. The van der Waals surface area contributed by atoms with Crippen LogP contribution in [0.15, 0.2) is 59.6 Å². The van der Waals surface area contributed by atoms with Gasteiger partial charge in [0.05, 0.1) is 12.6 Å². The second kappa shape index (κ2) is 6.30. The van der Waals surface area contributed by atoms with E-state index in [-0.39, 0.29) is 18.0 Å². The molecule has 1 heterocycles. The van der Waals surface area contributed by atoms with Gasteiger partial charge in [0.2, 0.25) is 0 Å². The third kappa shape index (κ3) is 3.25. The number of hydrogen-bond donors (Lipinski definition) is 2. The number of carbonyl (C=O) groups excluding carboxylic acids is 1. The van der Waals surface area contributed by atoms with E-state index in [1.54, 1.807) is 12.1 Å². The molecule has 1 atom stereocenters. The zero-order valence-electron chi connectivity index (χ0n) is 12.0. The minimum absolute atomic E-state index is 0.0525. The fourth-order valence-electron chi connectivity index (χ4n) is 2.35. The highest BCUT2D eigenvalue weighted by molar-refractivity contribution is 6.04. The van der Waals surface area contributed by atoms with E-state index in [1.165, 1.54) is 0 Å². The highest BCUT2D eigenvalue weighted by Gasteiger charge is 2.20. The van der Waals surface area contributed by atoms with Crippen LogP contribution in [0.25, 0.3) is 0 Å². The summed E-state index contributed by atoms with van der Waals surface area (Å²) >= 11 is 0. The largest absolute Gasteiger partial charge is 0.465 e. The van der Waals surface area contributed by atoms with Gasteiger partial charge in [0.15, 0.2) is 0 Å². The Bertz CT molecular complexity index is 698. The van der Waals surface area contributed by atoms with Crippen LogP contribution in [0.3, 0.4) is 0 Å². The van der Waals surface area contributed by atoms with Crippen LogP contribution in [0.1, 0.15) is 28.4 Å². The Labute approximate surface area is 128 Å². The molecule has 3 N–H and O–H groups in total. The molecule has 2 aromatic carbocycles. The minimum atomic E-state index is -0.229. The molecule has 1 aliphatic heterocycles. The Morgan fingerprint density at radius 3 is 2.77 bits per heavy atom. The molecule has 2 aromatic rings. The number of nitrogens with zero attached hydrogens (tertiary/aromatic N) is 1. The predicted molar refractivity (Wildman–Crippen MR) is 85.5 cm³/mol. The van der Waals surface area contributed by atoms with Crippen molar-refractivity contribution in [1.82, 2.24) is 5.32 Å². The number of carbonyl (C=O) groups is 1. The van der Waals surface area contributed by atoms with E-state index in [9.17, 15) is 4.79 Å². The first-order valence-electron chi connectivity index (χ1n) is 7.15. The topological polar surface area (TPSA) is 76.7 Å². The van der Waals surface area contributed by atoms with Crippen molar-refractivity contribution in [2.45, 2.75) is 12.5 Å². The molecule has 1 amide bonds. The van der Waals surface area contributed by atoms with Gasteiger partial charge in [-0.15, -0.1) is 0 Å². The van der Waals surface area contributed by atoms with Gasteiger partial charge >= 0.3 is 0 Å². The quantitative estimate of drug-likeness (QED) is 0.836. The summed E-state index contributed by atoms with van der Waals surface area (Å²) in [6, 6.07) is 16.8. The number of nitrogens with one attached hydrogen (secondary N) is 1. The molecule has 0 spiro atoms. The summed E-state index contributed by atoms with van der Waals surface area (Å²) in [5.41, 5.74) is 8.10. The number of amidine groups is 1. The highest BCUT2D eigenvalue weighted by Crippen LogP contribution is 2.25. The molecule has 0 bridgehead atoms. The second-order valence-electron chi connectivity index (χ2n) is 5.08. The van der Waals surface area contributed by atoms with Gasteiger partial charge in [-0.05, 0) is 29.8 Å². The summed E-state index contributed by atoms with van der Waals surface area (Å²) in [4.78, 5) is 16.6. The minimum Gasteiger partial charge on any atom is -0.465 e. The van der Waals surface area contributed by atoms with Gasteiger partial charge in [0.25, 0.3) is 11.9 Å². The molecule has 5 nitrogen and oxygen atoms in total. The Kier molecular flexibility index (Phi) is 4.05. The van der Waals surface area contributed by atoms with Gasteiger partial charge in [0.1, 0.15) is 0 Å². The SMILES string of the molecule is Nc1cccc(C2CCOC(NC(=O)c3ccccc3)=N2)c1. The number of aliphatic imine (C=N–C) groups is 1. The van der Waals surface area contributed by atoms with Crippen molar-refractivity contribution in [2.24, 2.45) is 4.99 Å². The maximum Gasteiger partial charge on any atom is 0.292 e. The summed E-state index contributed by atoms with van der Waals surface area (Å²) in [5, 5.41) is 2.71. The molecule has 0 saturated heterocycles. The van der Waals surface area contributed by atoms with E-state index in [0.717, 1.165) is 12.0 Å². The monoisotopic (exact) mass is 295 g/mol. The van der Waals surface area contributed by atoms with E-state index < -0.39 is 0 Å². The number of rotatable bonds is 2. The molecule has 5 heteroatoms. The number of amides is 1. The van der Waals surface area contributed by atoms with E-state index in [1.807, 2.05) is 42.5 Å². The Balaban J connectivity index is 1.75. The molecular weight excluding hydrogens is 278 g/mol.